The van der Waals surface area contributed by atoms with Gasteiger partial charge >= 0.3 is 0 Å². The highest BCUT2D eigenvalue weighted by Crippen LogP contribution is 2.31. The minimum atomic E-state index is -0.307. The highest BCUT2D eigenvalue weighted by atomic mass is 16.5. The van der Waals surface area contributed by atoms with Crippen molar-refractivity contribution >= 4 is 0 Å². The number of rotatable bonds is 13. The Labute approximate surface area is 184 Å². The molecular formula is C27H41NO2. The topological polar surface area (TPSA) is 30.5 Å². The number of hydrogen-bond donors (Lipinski definition) is 1. The lowest BCUT2D eigenvalue weighted by Gasteiger charge is -2.37. The Balaban J connectivity index is 1.97. The zero-order chi connectivity index (χ0) is 22.0. The fourth-order valence-corrected chi connectivity index (χ4v) is 4.19. The van der Waals surface area contributed by atoms with Crippen molar-refractivity contribution in [3.8, 4) is 5.75 Å². The SMILES string of the molecule is CC(C)CC(COCCNC(C)(C)c1ccccc1)(CC(C)C)Oc1ccccc1. The molecule has 0 aliphatic rings. The van der Waals surface area contributed by atoms with Gasteiger partial charge in [0.25, 0.3) is 0 Å². The summed E-state index contributed by atoms with van der Waals surface area (Å²) in [6.45, 7) is 15.5. The summed E-state index contributed by atoms with van der Waals surface area (Å²) in [4.78, 5) is 0. The van der Waals surface area contributed by atoms with Gasteiger partial charge < -0.3 is 14.8 Å². The lowest BCUT2D eigenvalue weighted by Crippen LogP contribution is -2.45. The van der Waals surface area contributed by atoms with E-state index < -0.39 is 0 Å². The van der Waals surface area contributed by atoms with Crippen LogP contribution in [0.5, 0.6) is 5.75 Å². The highest BCUT2D eigenvalue weighted by molar-refractivity contribution is 5.23. The molecule has 0 heterocycles. The van der Waals surface area contributed by atoms with E-state index in [0.717, 1.165) is 25.1 Å². The van der Waals surface area contributed by atoms with Crippen molar-refractivity contribution in [2.75, 3.05) is 19.8 Å². The predicted molar refractivity (Wildman–Crippen MR) is 127 cm³/mol. The first kappa shape index (κ1) is 24.4. The number of para-hydroxylation sites is 1. The molecule has 0 aliphatic heterocycles. The van der Waals surface area contributed by atoms with Crippen molar-refractivity contribution in [2.45, 2.75) is 65.5 Å². The summed E-state index contributed by atoms with van der Waals surface area (Å²) in [5, 5.41) is 3.63. The third-order valence-electron chi connectivity index (χ3n) is 5.31. The Bertz CT molecular complexity index is 700. The summed E-state index contributed by atoms with van der Waals surface area (Å²) in [5.74, 6) is 1.99. The van der Waals surface area contributed by atoms with Crippen LogP contribution in [-0.4, -0.2) is 25.4 Å². The Hall–Kier alpha value is -1.84. The number of ether oxygens (including phenoxy) is 2. The second kappa shape index (κ2) is 11.5. The zero-order valence-corrected chi connectivity index (χ0v) is 19.8. The second-order valence-corrected chi connectivity index (χ2v) is 9.76. The minimum Gasteiger partial charge on any atom is -0.485 e. The van der Waals surface area contributed by atoms with Gasteiger partial charge in [-0.15, -0.1) is 0 Å². The van der Waals surface area contributed by atoms with Gasteiger partial charge in [0.15, 0.2) is 0 Å². The molecule has 2 aromatic carbocycles. The molecule has 2 aromatic rings. The number of hydrogen-bond acceptors (Lipinski definition) is 3. The van der Waals surface area contributed by atoms with E-state index in [1.165, 1.54) is 5.56 Å². The van der Waals surface area contributed by atoms with Crippen molar-refractivity contribution in [2.24, 2.45) is 11.8 Å². The van der Waals surface area contributed by atoms with Crippen LogP contribution in [0, 0.1) is 11.8 Å². The fourth-order valence-electron chi connectivity index (χ4n) is 4.19. The van der Waals surface area contributed by atoms with Crippen LogP contribution in [0.15, 0.2) is 60.7 Å². The highest BCUT2D eigenvalue weighted by Gasteiger charge is 2.35. The molecule has 2 rings (SSSR count). The van der Waals surface area contributed by atoms with E-state index in [-0.39, 0.29) is 11.1 Å². The van der Waals surface area contributed by atoms with Crippen molar-refractivity contribution < 1.29 is 9.47 Å². The first-order valence-corrected chi connectivity index (χ1v) is 11.3. The van der Waals surface area contributed by atoms with Crippen LogP contribution in [0.1, 0.15) is 59.9 Å². The lowest BCUT2D eigenvalue weighted by molar-refractivity contribution is -0.0519. The van der Waals surface area contributed by atoms with Crippen LogP contribution >= 0.6 is 0 Å². The average Bonchev–Trinajstić information content (AvgIpc) is 2.68. The van der Waals surface area contributed by atoms with Crippen molar-refractivity contribution in [3.05, 3.63) is 66.2 Å². The van der Waals surface area contributed by atoms with E-state index in [1.54, 1.807) is 0 Å². The molecule has 0 unspecified atom stereocenters. The molecule has 0 aliphatic carbocycles. The first-order chi connectivity index (χ1) is 14.2. The monoisotopic (exact) mass is 411 g/mol. The maximum absolute atomic E-state index is 6.60. The molecule has 166 valence electrons. The smallest absolute Gasteiger partial charge is 0.133 e. The standard InChI is InChI=1S/C27H41NO2/c1-22(2)19-27(20-23(3)4,30-25-15-11-8-12-16-25)21-29-18-17-28-26(5,6)24-13-9-7-10-14-24/h7-16,22-23,28H,17-21H2,1-6H3. The van der Waals surface area contributed by atoms with Crippen LogP contribution in [0.2, 0.25) is 0 Å². The van der Waals surface area contributed by atoms with Crippen molar-refractivity contribution in [3.63, 3.8) is 0 Å². The molecule has 0 aromatic heterocycles. The van der Waals surface area contributed by atoms with Crippen LogP contribution < -0.4 is 10.1 Å². The Morgan fingerprint density at radius 1 is 0.800 bits per heavy atom. The molecule has 0 amide bonds. The molecule has 30 heavy (non-hydrogen) atoms. The lowest BCUT2D eigenvalue weighted by atomic mass is 9.85. The van der Waals surface area contributed by atoms with E-state index in [1.807, 2.05) is 30.3 Å². The Kier molecular flexibility index (Phi) is 9.38. The van der Waals surface area contributed by atoms with E-state index >= 15 is 0 Å². The van der Waals surface area contributed by atoms with Gasteiger partial charge in [-0.1, -0.05) is 76.2 Å². The quantitative estimate of drug-likeness (QED) is 0.385. The third-order valence-corrected chi connectivity index (χ3v) is 5.31. The molecule has 1 N–H and O–H groups in total. The normalized spacial score (nSPS) is 12.5. The maximum Gasteiger partial charge on any atom is 0.133 e. The van der Waals surface area contributed by atoms with Gasteiger partial charge in [-0.2, -0.15) is 0 Å². The number of nitrogens with one attached hydrogen (secondary N) is 1. The summed E-state index contributed by atoms with van der Waals surface area (Å²) in [7, 11) is 0. The molecule has 0 bridgehead atoms. The van der Waals surface area contributed by atoms with Gasteiger partial charge in [0.1, 0.15) is 11.4 Å². The molecule has 0 saturated heterocycles. The van der Waals surface area contributed by atoms with E-state index in [2.05, 4.69) is 77.2 Å². The summed E-state index contributed by atoms with van der Waals surface area (Å²) in [6.07, 6.45) is 1.95. The molecule has 0 spiro atoms. The van der Waals surface area contributed by atoms with Gasteiger partial charge in [-0.25, -0.2) is 0 Å². The maximum atomic E-state index is 6.60. The van der Waals surface area contributed by atoms with Gasteiger partial charge in [-0.3, -0.25) is 0 Å². The van der Waals surface area contributed by atoms with Crippen LogP contribution in [0.3, 0.4) is 0 Å². The largest absolute Gasteiger partial charge is 0.485 e. The second-order valence-electron chi connectivity index (χ2n) is 9.76. The Morgan fingerprint density at radius 2 is 1.33 bits per heavy atom. The molecule has 3 heteroatoms. The third kappa shape index (κ3) is 8.12. The van der Waals surface area contributed by atoms with Gasteiger partial charge in [0, 0.05) is 12.1 Å². The average molecular weight is 412 g/mol. The summed E-state index contributed by atoms with van der Waals surface area (Å²) >= 11 is 0. The summed E-state index contributed by atoms with van der Waals surface area (Å²) in [6, 6.07) is 20.7. The molecule has 0 saturated carbocycles. The number of benzene rings is 2. The molecular weight excluding hydrogens is 370 g/mol. The summed E-state index contributed by atoms with van der Waals surface area (Å²) < 4.78 is 12.8. The van der Waals surface area contributed by atoms with E-state index in [0.29, 0.717) is 25.0 Å². The summed E-state index contributed by atoms with van der Waals surface area (Å²) in [5.41, 5.74) is 0.892. The van der Waals surface area contributed by atoms with Gasteiger partial charge in [-0.05, 0) is 56.2 Å². The molecule has 0 fully saturated rings. The van der Waals surface area contributed by atoms with Gasteiger partial charge in [0.05, 0.1) is 13.2 Å². The Morgan fingerprint density at radius 3 is 1.87 bits per heavy atom. The van der Waals surface area contributed by atoms with Crippen molar-refractivity contribution in [1.82, 2.24) is 5.32 Å². The van der Waals surface area contributed by atoms with Crippen LogP contribution in [0.4, 0.5) is 0 Å². The zero-order valence-electron chi connectivity index (χ0n) is 19.8. The van der Waals surface area contributed by atoms with Gasteiger partial charge in [0.2, 0.25) is 0 Å². The molecule has 0 radical (unpaired) electrons. The fraction of sp³-hybridized carbons (Fsp3) is 0.556. The molecule has 0 atom stereocenters. The van der Waals surface area contributed by atoms with E-state index in [4.69, 9.17) is 9.47 Å². The predicted octanol–water partition coefficient (Wildman–Crippen LogP) is 6.44. The van der Waals surface area contributed by atoms with Crippen LogP contribution in [-0.2, 0) is 10.3 Å². The minimum absolute atomic E-state index is 0.0852. The van der Waals surface area contributed by atoms with Crippen LogP contribution in [0.25, 0.3) is 0 Å². The first-order valence-electron chi connectivity index (χ1n) is 11.3. The van der Waals surface area contributed by atoms with E-state index in [9.17, 15) is 0 Å². The van der Waals surface area contributed by atoms with Crippen molar-refractivity contribution in [1.29, 1.82) is 0 Å². The molecule has 3 nitrogen and oxygen atoms in total.